The summed E-state index contributed by atoms with van der Waals surface area (Å²) in [6.45, 7) is 6.36. The van der Waals surface area contributed by atoms with Gasteiger partial charge in [-0.1, -0.05) is 50.5 Å². The fourth-order valence-corrected chi connectivity index (χ4v) is 9.13. The zero-order chi connectivity index (χ0) is 34.9. The Hall–Kier alpha value is -3.74. The molecule has 266 valence electrons. The second kappa shape index (κ2) is 14.2. The van der Waals surface area contributed by atoms with E-state index in [9.17, 15) is 32.4 Å². The lowest BCUT2D eigenvalue weighted by atomic mass is 9.91. The van der Waals surface area contributed by atoms with E-state index in [-0.39, 0.29) is 31.7 Å². The second-order valence-electron chi connectivity index (χ2n) is 14.5. The number of allylic oxidation sites excluding steroid dienone is 1. The molecule has 5 atom stereocenters. The number of hydrogen-bond acceptors (Lipinski definition) is 8. The molecule has 1 aromatic rings. The number of carbonyl (C=O) groups is 5. The van der Waals surface area contributed by atoms with Crippen LogP contribution in [0.15, 0.2) is 30.9 Å². The van der Waals surface area contributed by atoms with Gasteiger partial charge in [-0.2, -0.15) is 0 Å². The molecule has 2 saturated carbocycles. The van der Waals surface area contributed by atoms with Crippen LogP contribution in [0.4, 0.5) is 4.79 Å². The number of fused-ring (bicyclic) bond motifs is 3. The highest BCUT2D eigenvalue weighted by Gasteiger charge is 2.61. The van der Waals surface area contributed by atoms with Crippen LogP contribution in [0.2, 0.25) is 0 Å². The number of ether oxygens (including phenoxy) is 1. The van der Waals surface area contributed by atoms with Crippen molar-refractivity contribution in [2.75, 3.05) is 6.54 Å². The van der Waals surface area contributed by atoms with E-state index in [1.54, 1.807) is 17.9 Å². The van der Waals surface area contributed by atoms with Gasteiger partial charge in [0.15, 0.2) is 5.78 Å². The summed E-state index contributed by atoms with van der Waals surface area (Å²) in [6, 6.07) is 4.25. The summed E-state index contributed by atoms with van der Waals surface area (Å²) < 4.78 is 33.4. The molecular formula is C36H48N4O8S. The minimum Gasteiger partial charge on any atom is -0.444 e. The maximum absolute atomic E-state index is 14.1. The summed E-state index contributed by atoms with van der Waals surface area (Å²) >= 11 is 0. The van der Waals surface area contributed by atoms with E-state index in [1.807, 2.05) is 12.1 Å². The number of aryl methyl sites for hydroxylation is 1. The van der Waals surface area contributed by atoms with Crippen molar-refractivity contribution in [2.45, 2.75) is 127 Å². The normalized spacial score (nSPS) is 29.5. The number of hydrogen-bond donors (Lipinski definition) is 2. The van der Waals surface area contributed by atoms with Crippen molar-refractivity contribution in [3.8, 4) is 0 Å². The van der Waals surface area contributed by atoms with Crippen LogP contribution in [0, 0.1) is 11.3 Å². The molecule has 13 heteroatoms. The topological polar surface area (TPSA) is 159 Å². The molecule has 0 unspecified atom stereocenters. The standard InChI is InChI=1S/C36H48N4O8S/c1-3-25-18-36(25,34(44)38-49(46,47)27-15-16-27)19-31(41)30-17-26-21-40(30)33(43)29(4-2)37-32(42)14-9-7-5-6-8-11-23-12-10-13-24-20-39(22-28(23)24)35(45)48-26/h3,10,12-13,25-27,29-30H,1,4-9,11,14-22H2,2H3,(H,37,42)(H,38,44)/t25-,26-,29+,30+,36-/m1/s1. The smallest absolute Gasteiger partial charge is 0.410 e. The molecule has 2 aliphatic carbocycles. The number of carbonyl (C=O) groups excluding carboxylic acids is 5. The number of rotatable bonds is 8. The third kappa shape index (κ3) is 7.56. The van der Waals surface area contributed by atoms with Crippen LogP contribution in [-0.4, -0.2) is 77.8 Å². The third-order valence-electron chi connectivity index (χ3n) is 11.0. The van der Waals surface area contributed by atoms with E-state index < -0.39 is 68.5 Å². The molecule has 1 aromatic carbocycles. The van der Waals surface area contributed by atoms with Crippen molar-refractivity contribution in [2.24, 2.45) is 11.3 Å². The molecule has 0 spiro atoms. The molecule has 3 fully saturated rings. The Balaban J connectivity index is 1.23. The Morgan fingerprint density at radius 3 is 2.47 bits per heavy atom. The summed E-state index contributed by atoms with van der Waals surface area (Å²) in [6.07, 6.45) is 7.35. The molecule has 3 aliphatic heterocycles. The van der Waals surface area contributed by atoms with Crippen LogP contribution < -0.4 is 10.0 Å². The molecule has 0 aromatic heterocycles. The van der Waals surface area contributed by atoms with Crippen LogP contribution in [-0.2, 0) is 53.4 Å². The first kappa shape index (κ1) is 35.1. The van der Waals surface area contributed by atoms with Crippen molar-refractivity contribution in [1.29, 1.82) is 0 Å². The number of amides is 4. The fourth-order valence-electron chi connectivity index (χ4n) is 7.75. The van der Waals surface area contributed by atoms with Gasteiger partial charge in [-0.3, -0.25) is 28.8 Å². The summed E-state index contributed by atoms with van der Waals surface area (Å²) in [4.78, 5) is 71.0. The zero-order valence-corrected chi connectivity index (χ0v) is 29.1. The lowest BCUT2D eigenvalue weighted by Gasteiger charge is -2.29. The van der Waals surface area contributed by atoms with Gasteiger partial charge >= 0.3 is 6.09 Å². The van der Waals surface area contributed by atoms with Crippen LogP contribution in [0.5, 0.6) is 0 Å². The van der Waals surface area contributed by atoms with Gasteiger partial charge in [0, 0.05) is 32.4 Å². The molecule has 12 nitrogen and oxygen atoms in total. The van der Waals surface area contributed by atoms with Gasteiger partial charge in [-0.25, -0.2) is 13.2 Å². The van der Waals surface area contributed by atoms with E-state index in [0.29, 0.717) is 45.2 Å². The molecule has 4 amide bonds. The van der Waals surface area contributed by atoms with E-state index >= 15 is 0 Å². The van der Waals surface area contributed by atoms with Crippen molar-refractivity contribution >= 4 is 39.6 Å². The summed E-state index contributed by atoms with van der Waals surface area (Å²) in [5.74, 6) is -2.24. The van der Waals surface area contributed by atoms with Crippen molar-refractivity contribution in [3.63, 3.8) is 0 Å². The SMILES string of the molecule is C=C[C@@H]1C[C@]1(CC(=O)[C@@H]1C[C@@H]2CN1C(=O)[C@H](CC)NC(=O)CCCCCCCc1cccc3c1CN(C3)C(=O)O2)C(=O)NS(=O)(=O)C1CC1. The summed E-state index contributed by atoms with van der Waals surface area (Å²) in [5.41, 5.74) is 2.16. The van der Waals surface area contributed by atoms with Crippen LogP contribution in [0.3, 0.4) is 0 Å². The first-order chi connectivity index (χ1) is 23.5. The summed E-state index contributed by atoms with van der Waals surface area (Å²) in [7, 11) is -3.84. The molecule has 2 N–H and O–H groups in total. The van der Waals surface area contributed by atoms with Gasteiger partial charge in [0.1, 0.15) is 12.1 Å². The Morgan fingerprint density at radius 2 is 1.78 bits per heavy atom. The number of benzene rings is 1. The monoisotopic (exact) mass is 696 g/mol. The first-order valence-corrected chi connectivity index (χ1v) is 19.4. The van der Waals surface area contributed by atoms with Gasteiger partial charge in [-0.05, 0) is 67.6 Å². The molecule has 1 saturated heterocycles. The van der Waals surface area contributed by atoms with Gasteiger partial charge in [0.05, 0.1) is 23.3 Å². The molecule has 5 aliphatic rings. The average Bonchev–Trinajstić information content (AvgIpc) is 3.96. The molecule has 4 bridgehead atoms. The van der Waals surface area contributed by atoms with Crippen molar-refractivity contribution < 1.29 is 37.1 Å². The summed E-state index contributed by atoms with van der Waals surface area (Å²) in [5, 5.41) is 2.25. The van der Waals surface area contributed by atoms with Crippen LogP contribution in [0.1, 0.15) is 101 Å². The number of Topliss-reactive ketones (excluding diaryl/α,β-unsaturated/α-hetero) is 1. The van der Waals surface area contributed by atoms with Crippen LogP contribution >= 0.6 is 0 Å². The van der Waals surface area contributed by atoms with E-state index in [1.165, 1.54) is 10.5 Å². The van der Waals surface area contributed by atoms with Crippen LogP contribution in [0.25, 0.3) is 0 Å². The number of nitrogens with one attached hydrogen (secondary N) is 2. The highest BCUT2D eigenvalue weighted by atomic mass is 32.2. The molecule has 6 rings (SSSR count). The van der Waals surface area contributed by atoms with Gasteiger partial charge < -0.3 is 15.0 Å². The highest BCUT2D eigenvalue weighted by molar-refractivity contribution is 7.90. The number of ketones is 1. The predicted octanol–water partition coefficient (Wildman–Crippen LogP) is 3.66. The fraction of sp³-hybridized carbons (Fsp3) is 0.639. The first-order valence-electron chi connectivity index (χ1n) is 17.8. The number of nitrogens with zero attached hydrogens (tertiary/aromatic N) is 2. The minimum atomic E-state index is -3.84. The Kier molecular flexibility index (Phi) is 10.2. The Labute approximate surface area is 288 Å². The lowest BCUT2D eigenvalue weighted by Crippen LogP contribution is -2.52. The molecule has 0 radical (unpaired) electrons. The maximum atomic E-state index is 14.1. The predicted molar refractivity (Wildman–Crippen MR) is 180 cm³/mol. The average molecular weight is 697 g/mol. The van der Waals surface area contributed by atoms with Gasteiger partial charge in [0.2, 0.25) is 27.7 Å². The number of sulfonamides is 1. The molecule has 49 heavy (non-hydrogen) atoms. The Morgan fingerprint density at radius 1 is 1.06 bits per heavy atom. The Bertz CT molecular complexity index is 1620. The quantitative estimate of drug-likeness (QED) is 0.390. The largest absolute Gasteiger partial charge is 0.444 e. The van der Waals surface area contributed by atoms with E-state index in [4.69, 9.17) is 4.74 Å². The van der Waals surface area contributed by atoms with Gasteiger partial charge in [0.25, 0.3) is 0 Å². The lowest BCUT2D eigenvalue weighted by molar-refractivity contribution is -0.142. The minimum absolute atomic E-state index is 0.0313. The molecule has 3 heterocycles. The van der Waals surface area contributed by atoms with Crippen molar-refractivity contribution in [3.05, 3.63) is 47.5 Å². The third-order valence-corrected chi connectivity index (χ3v) is 12.8. The zero-order valence-electron chi connectivity index (χ0n) is 28.3. The van der Waals surface area contributed by atoms with Crippen molar-refractivity contribution in [1.82, 2.24) is 19.8 Å². The van der Waals surface area contributed by atoms with E-state index in [0.717, 1.165) is 43.2 Å². The second-order valence-corrected chi connectivity index (χ2v) is 16.4. The highest BCUT2D eigenvalue weighted by Crippen LogP contribution is 2.57. The van der Waals surface area contributed by atoms with E-state index in [2.05, 4.69) is 22.7 Å². The van der Waals surface area contributed by atoms with Gasteiger partial charge in [-0.15, -0.1) is 6.58 Å². The maximum Gasteiger partial charge on any atom is 0.410 e. The molecular weight excluding hydrogens is 648 g/mol.